The summed E-state index contributed by atoms with van der Waals surface area (Å²) >= 11 is 0. The van der Waals surface area contributed by atoms with Crippen LogP contribution in [-0.4, -0.2) is 31.7 Å². The van der Waals surface area contributed by atoms with Gasteiger partial charge in [-0.3, -0.25) is 0 Å². The van der Waals surface area contributed by atoms with Crippen LogP contribution in [0.15, 0.2) is 52.8 Å². The van der Waals surface area contributed by atoms with Gasteiger partial charge < -0.3 is 9.16 Å². The van der Waals surface area contributed by atoms with Crippen LogP contribution in [0.1, 0.15) is 32.8 Å². The van der Waals surface area contributed by atoms with Gasteiger partial charge in [-0.25, -0.2) is 9.00 Å². The minimum absolute atomic E-state index is 0.0568. The molecule has 0 aliphatic rings. The quantitative estimate of drug-likeness (QED) is 0.340. The molecule has 1 unspecified atom stereocenters. The van der Waals surface area contributed by atoms with Crippen LogP contribution in [0.3, 0.4) is 0 Å². The number of hydrogen-bond acceptors (Lipinski definition) is 4. The standard InChI is InChI=1S/C21H32O4SSi/c1-17-11-13-19(14-12-17)26(23)16-15-18(9-8-10-20(22)24-5)25-27(6,7)21(2,3)4/h8,10-16,18H,9H2,1-7H3/b10-8-,16-15+/t18-,26?/m0/s1. The molecule has 0 aliphatic heterocycles. The van der Waals surface area contributed by atoms with Gasteiger partial charge in [0.2, 0.25) is 0 Å². The molecule has 4 nitrogen and oxygen atoms in total. The minimum atomic E-state index is -2.01. The number of esters is 1. The second-order valence-corrected chi connectivity index (χ2v) is 14.1. The first kappa shape index (κ1) is 23.5. The zero-order chi connectivity index (χ0) is 20.7. The number of methoxy groups -OCH3 is 1. The molecule has 0 saturated heterocycles. The van der Waals surface area contributed by atoms with Gasteiger partial charge in [0.25, 0.3) is 0 Å². The summed E-state index contributed by atoms with van der Waals surface area (Å²) in [5.41, 5.74) is 1.13. The van der Waals surface area contributed by atoms with E-state index in [0.29, 0.717) is 6.42 Å². The van der Waals surface area contributed by atoms with Crippen LogP contribution < -0.4 is 0 Å². The normalized spacial score (nSPS) is 15.2. The Bertz CT molecular complexity index is 700. The van der Waals surface area contributed by atoms with E-state index in [2.05, 4.69) is 38.6 Å². The maximum Gasteiger partial charge on any atom is 0.330 e. The molecule has 1 aromatic rings. The van der Waals surface area contributed by atoms with Gasteiger partial charge in [0, 0.05) is 16.4 Å². The van der Waals surface area contributed by atoms with E-state index in [0.717, 1.165) is 10.5 Å². The average molecular weight is 409 g/mol. The fraction of sp³-hybridized carbons (Fsp3) is 0.476. The van der Waals surface area contributed by atoms with E-state index < -0.39 is 25.1 Å². The fourth-order valence-corrected chi connectivity index (χ4v) is 4.16. The first-order chi connectivity index (χ1) is 12.5. The van der Waals surface area contributed by atoms with Gasteiger partial charge in [0.15, 0.2) is 8.32 Å². The first-order valence-corrected chi connectivity index (χ1v) is 13.2. The van der Waals surface area contributed by atoms with Gasteiger partial charge in [-0.2, -0.15) is 0 Å². The van der Waals surface area contributed by atoms with Crippen molar-refractivity contribution in [3.63, 3.8) is 0 Å². The average Bonchev–Trinajstić information content (AvgIpc) is 2.58. The third-order valence-corrected chi connectivity index (χ3v) is 10.4. The number of aryl methyl sites for hydroxylation is 1. The summed E-state index contributed by atoms with van der Waals surface area (Å²) in [7, 11) is -1.90. The molecule has 1 rings (SSSR count). The van der Waals surface area contributed by atoms with Crippen molar-refractivity contribution >= 4 is 25.1 Å². The Morgan fingerprint density at radius 1 is 1.22 bits per heavy atom. The molecular weight excluding hydrogens is 376 g/mol. The minimum Gasteiger partial charge on any atom is -0.466 e. The van der Waals surface area contributed by atoms with Crippen LogP contribution in [0.25, 0.3) is 0 Å². The predicted octanol–water partition coefficient (Wildman–Crippen LogP) is 5.13. The van der Waals surface area contributed by atoms with E-state index in [9.17, 15) is 9.00 Å². The highest BCUT2D eigenvalue weighted by atomic mass is 32.2. The van der Waals surface area contributed by atoms with Gasteiger partial charge in [0.05, 0.1) is 24.0 Å². The monoisotopic (exact) mass is 408 g/mol. The van der Waals surface area contributed by atoms with Crippen LogP contribution in [0.2, 0.25) is 18.1 Å². The third kappa shape index (κ3) is 7.95. The summed E-state index contributed by atoms with van der Waals surface area (Å²) in [5.74, 6) is -0.395. The Balaban J connectivity index is 2.95. The summed E-state index contributed by atoms with van der Waals surface area (Å²) in [5, 5.41) is 1.73. The van der Waals surface area contributed by atoms with E-state index in [1.807, 2.05) is 37.3 Å². The van der Waals surface area contributed by atoms with E-state index in [1.165, 1.54) is 13.2 Å². The van der Waals surface area contributed by atoms with Crippen molar-refractivity contribution in [1.82, 2.24) is 0 Å². The third-order valence-electron chi connectivity index (χ3n) is 4.75. The van der Waals surface area contributed by atoms with E-state index >= 15 is 0 Å². The van der Waals surface area contributed by atoms with Crippen molar-refractivity contribution in [3.05, 3.63) is 53.5 Å². The highest BCUT2D eigenvalue weighted by molar-refractivity contribution is 7.88. The van der Waals surface area contributed by atoms with Crippen molar-refractivity contribution in [3.8, 4) is 0 Å². The molecular formula is C21H32O4SSi. The zero-order valence-electron chi connectivity index (χ0n) is 17.4. The van der Waals surface area contributed by atoms with Crippen molar-refractivity contribution in [2.75, 3.05) is 7.11 Å². The topological polar surface area (TPSA) is 52.6 Å². The summed E-state index contributed by atoms with van der Waals surface area (Å²) in [6, 6.07) is 7.64. The summed E-state index contributed by atoms with van der Waals surface area (Å²) in [6.07, 6.45) is 5.25. The Morgan fingerprint density at radius 3 is 2.33 bits per heavy atom. The Labute approximate surface area is 167 Å². The lowest BCUT2D eigenvalue weighted by atomic mass is 10.2. The van der Waals surface area contributed by atoms with Crippen LogP contribution in [0.4, 0.5) is 0 Å². The predicted molar refractivity (Wildman–Crippen MR) is 115 cm³/mol. The Morgan fingerprint density at radius 2 is 1.81 bits per heavy atom. The Hall–Kier alpha value is -1.50. The largest absolute Gasteiger partial charge is 0.466 e. The smallest absolute Gasteiger partial charge is 0.330 e. The molecule has 150 valence electrons. The summed E-state index contributed by atoms with van der Waals surface area (Å²) < 4.78 is 23.6. The molecule has 0 saturated carbocycles. The van der Waals surface area contributed by atoms with Crippen LogP contribution >= 0.6 is 0 Å². The van der Waals surface area contributed by atoms with Crippen LogP contribution in [-0.2, 0) is 24.8 Å². The first-order valence-electron chi connectivity index (χ1n) is 9.04. The number of rotatable bonds is 8. The van der Waals surface area contributed by atoms with Gasteiger partial charge >= 0.3 is 5.97 Å². The molecule has 2 atom stereocenters. The van der Waals surface area contributed by atoms with E-state index in [1.54, 1.807) is 11.5 Å². The second-order valence-electron chi connectivity index (χ2n) is 8.02. The molecule has 0 radical (unpaired) electrons. The van der Waals surface area contributed by atoms with Gasteiger partial charge in [-0.1, -0.05) is 44.5 Å². The van der Waals surface area contributed by atoms with E-state index in [-0.39, 0.29) is 11.1 Å². The maximum absolute atomic E-state index is 12.5. The van der Waals surface area contributed by atoms with E-state index in [4.69, 9.17) is 4.43 Å². The number of benzene rings is 1. The number of ether oxygens (including phenoxy) is 1. The molecule has 0 amide bonds. The van der Waals surface area contributed by atoms with Gasteiger partial charge in [-0.15, -0.1) is 0 Å². The lowest BCUT2D eigenvalue weighted by molar-refractivity contribution is -0.134. The molecule has 0 fully saturated rings. The van der Waals surface area contributed by atoms with Crippen molar-refractivity contribution in [1.29, 1.82) is 0 Å². The molecule has 0 aliphatic carbocycles. The van der Waals surface area contributed by atoms with Crippen LogP contribution in [0.5, 0.6) is 0 Å². The molecule has 1 aromatic carbocycles. The lowest BCUT2D eigenvalue weighted by Gasteiger charge is -2.38. The molecule has 0 aromatic heterocycles. The van der Waals surface area contributed by atoms with Crippen molar-refractivity contribution in [2.45, 2.75) is 63.2 Å². The van der Waals surface area contributed by atoms with Gasteiger partial charge in [0.1, 0.15) is 0 Å². The molecule has 6 heteroatoms. The molecule has 0 N–H and O–H groups in total. The highest BCUT2D eigenvalue weighted by Crippen LogP contribution is 2.37. The van der Waals surface area contributed by atoms with Crippen molar-refractivity contribution < 1.29 is 18.2 Å². The van der Waals surface area contributed by atoms with Crippen LogP contribution in [0, 0.1) is 6.92 Å². The number of hydrogen-bond donors (Lipinski definition) is 0. The number of carbonyl (C=O) groups is 1. The SMILES string of the molecule is COC(=O)/C=C\C[C@@H](/C=C/S(=O)c1ccc(C)cc1)O[Si](C)(C)C(C)(C)C. The molecule has 0 bridgehead atoms. The highest BCUT2D eigenvalue weighted by Gasteiger charge is 2.38. The Kier molecular flexibility index (Phi) is 8.85. The van der Waals surface area contributed by atoms with Gasteiger partial charge in [-0.05, 0) is 49.7 Å². The number of carbonyl (C=O) groups excluding carboxylic acids is 1. The summed E-state index contributed by atoms with van der Waals surface area (Å²) in [6.45, 7) is 12.9. The molecule has 0 heterocycles. The van der Waals surface area contributed by atoms with Crippen molar-refractivity contribution in [2.24, 2.45) is 0 Å². The maximum atomic E-state index is 12.5. The summed E-state index contributed by atoms with van der Waals surface area (Å²) in [4.78, 5) is 12.1. The molecule has 27 heavy (non-hydrogen) atoms. The second kappa shape index (κ2) is 10.2. The lowest BCUT2D eigenvalue weighted by Crippen LogP contribution is -2.43. The zero-order valence-corrected chi connectivity index (χ0v) is 19.3. The molecule has 0 spiro atoms. The fourth-order valence-electron chi connectivity index (χ4n) is 2.00.